The van der Waals surface area contributed by atoms with Gasteiger partial charge >= 0.3 is 6.09 Å². The Kier molecular flexibility index (Phi) is 8.42. The lowest BCUT2D eigenvalue weighted by atomic mass is 10.0. The quantitative estimate of drug-likeness (QED) is 0.240. The highest BCUT2D eigenvalue weighted by atomic mass is 35.5. The van der Waals surface area contributed by atoms with Gasteiger partial charge in [0.25, 0.3) is 0 Å². The summed E-state index contributed by atoms with van der Waals surface area (Å²) in [6.45, 7) is 0. The van der Waals surface area contributed by atoms with Crippen molar-refractivity contribution in [1.82, 2.24) is 25.5 Å². The Bertz CT molecular complexity index is 1440. The number of carbonyl (C=O) groups is 3. The molecule has 3 amide bonds. The van der Waals surface area contributed by atoms with Crippen molar-refractivity contribution in [2.24, 2.45) is 0 Å². The van der Waals surface area contributed by atoms with E-state index in [1.165, 1.54) is 29.2 Å². The summed E-state index contributed by atoms with van der Waals surface area (Å²) in [4.78, 5) is 36.8. The minimum Gasteiger partial charge on any atom is -0.465 e. The molecule has 3 aromatic carbocycles. The lowest BCUT2D eigenvalue weighted by Crippen LogP contribution is -2.44. The van der Waals surface area contributed by atoms with Crippen molar-refractivity contribution in [2.75, 3.05) is 10.6 Å². The zero-order valence-electron chi connectivity index (χ0n) is 19.8. The first-order valence-electron chi connectivity index (χ1n) is 11.3. The predicted molar refractivity (Wildman–Crippen MR) is 142 cm³/mol. The third kappa shape index (κ3) is 7.24. The molecular formula is C26H22ClN7O4. The van der Waals surface area contributed by atoms with Crippen molar-refractivity contribution < 1.29 is 19.5 Å². The lowest BCUT2D eigenvalue weighted by molar-refractivity contribution is -0.123. The largest absolute Gasteiger partial charge is 0.465 e. The van der Waals surface area contributed by atoms with E-state index in [0.717, 1.165) is 5.56 Å². The molecule has 1 unspecified atom stereocenters. The molecule has 38 heavy (non-hydrogen) atoms. The van der Waals surface area contributed by atoms with Crippen molar-refractivity contribution in [3.8, 4) is 5.69 Å². The summed E-state index contributed by atoms with van der Waals surface area (Å²) in [6.07, 6.45) is 3.34. The maximum absolute atomic E-state index is 13.1. The number of nitrogens with one attached hydrogen (secondary N) is 3. The predicted octanol–water partition coefficient (Wildman–Crippen LogP) is 3.79. The van der Waals surface area contributed by atoms with Crippen LogP contribution >= 0.6 is 11.6 Å². The van der Waals surface area contributed by atoms with Crippen molar-refractivity contribution in [3.05, 3.63) is 101 Å². The van der Waals surface area contributed by atoms with Crippen LogP contribution in [0, 0.1) is 0 Å². The average Bonchev–Trinajstić information content (AvgIpc) is 3.43. The van der Waals surface area contributed by atoms with E-state index in [9.17, 15) is 14.4 Å². The molecule has 0 saturated carbocycles. The molecule has 1 aromatic heterocycles. The summed E-state index contributed by atoms with van der Waals surface area (Å²) in [5, 5.41) is 28.2. The van der Waals surface area contributed by atoms with E-state index in [1.54, 1.807) is 36.4 Å². The van der Waals surface area contributed by atoms with Gasteiger partial charge in [-0.15, -0.1) is 5.10 Å². The number of carbonyl (C=O) groups excluding carboxylic acids is 2. The van der Waals surface area contributed by atoms with E-state index in [0.29, 0.717) is 27.6 Å². The summed E-state index contributed by atoms with van der Waals surface area (Å²) in [7, 11) is 0. The number of amides is 3. The molecule has 1 heterocycles. The van der Waals surface area contributed by atoms with Crippen molar-refractivity contribution >= 4 is 47.0 Å². The fourth-order valence-corrected chi connectivity index (χ4v) is 3.75. The van der Waals surface area contributed by atoms with Gasteiger partial charge in [0.15, 0.2) is 0 Å². The number of nitrogens with zero attached hydrogens (tertiary/aromatic N) is 4. The molecule has 0 aliphatic heterocycles. The topological polar surface area (TPSA) is 151 Å². The number of rotatable bonds is 9. The Morgan fingerprint density at radius 2 is 1.68 bits per heavy atom. The monoisotopic (exact) mass is 531 g/mol. The molecule has 1 atom stereocenters. The van der Waals surface area contributed by atoms with Crippen molar-refractivity contribution in [3.63, 3.8) is 0 Å². The molecule has 4 rings (SSSR count). The fraction of sp³-hybridized carbons (Fsp3) is 0.0769. The summed E-state index contributed by atoms with van der Waals surface area (Å²) >= 11 is 6.14. The number of anilines is 2. The van der Waals surface area contributed by atoms with Gasteiger partial charge in [0, 0.05) is 34.5 Å². The van der Waals surface area contributed by atoms with Gasteiger partial charge in [0.2, 0.25) is 11.8 Å². The van der Waals surface area contributed by atoms with Crippen molar-refractivity contribution in [1.29, 1.82) is 0 Å². The number of halogens is 1. The molecule has 192 valence electrons. The number of aromatic nitrogens is 4. The number of hydrogen-bond donors (Lipinski definition) is 4. The Morgan fingerprint density at radius 1 is 0.974 bits per heavy atom. The SMILES string of the molecule is O=C(O)Nc1ccc(NC(=O)C(Cc2ccccc2)NC(=O)/C=C/c2cc(Cl)ccc2-n2cnnn2)cc1. The van der Waals surface area contributed by atoms with E-state index in [1.807, 2.05) is 30.3 Å². The first-order chi connectivity index (χ1) is 18.4. The van der Waals surface area contributed by atoms with Crippen LogP contribution in [0.4, 0.5) is 16.2 Å². The third-order valence-electron chi connectivity index (χ3n) is 5.32. The number of tetrazole rings is 1. The van der Waals surface area contributed by atoms with Crippen LogP contribution in [0.3, 0.4) is 0 Å². The van der Waals surface area contributed by atoms with Crippen LogP contribution in [0.5, 0.6) is 0 Å². The van der Waals surface area contributed by atoms with Gasteiger partial charge in [-0.25, -0.2) is 4.79 Å². The van der Waals surface area contributed by atoms with Gasteiger partial charge in [-0.2, -0.15) is 4.68 Å². The highest BCUT2D eigenvalue weighted by Crippen LogP contribution is 2.20. The summed E-state index contributed by atoms with van der Waals surface area (Å²) in [5.74, 6) is -0.934. The smallest absolute Gasteiger partial charge is 0.409 e. The van der Waals surface area contributed by atoms with Crippen LogP contribution in [0.2, 0.25) is 5.02 Å². The minimum absolute atomic E-state index is 0.248. The Hall–Kier alpha value is -5.03. The molecule has 0 aliphatic carbocycles. The van der Waals surface area contributed by atoms with Gasteiger partial charge in [-0.3, -0.25) is 14.9 Å². The van der Waals surface area contributed by atoms with E-state index in [2.05, 4.69) is 31.5 Å². The zero-order valence-corrected chi connectivity index (χ0v) is 20.5. The Morgan fingerprint density at radius 3 is 2.34 bits per heavy atom. The summed E-state index contributed by atoms with van der Waals surface area (Å²) < 4.78 is 1.44. The van der Waals surface area contributed by atoms with E-state index < -0.39 is 23.9 Å². The number of carboxylic acid groups (broad SMARTS) is 1. The van der Waals surface area contributed by atoms with Gasteiger partial charge in [0.05, 0.1) is 5.69 Å². The van der Waals surface area contributed by atoms with Gasteiger partial charge in [0.1, 0.15) is 12.4 Å². The molecule has 0 radical (unpaired) electrons. The second-order valence-corrected chi connectivity index (χ2v) is 8.47. The lowest BCUT2D eigenvalue weighted by Gasteiger charge is -2.18. The standard InChI is InChI=1S/C26H22ClN7O4/c27-19-7-12-23(34-16-28-32-33-34)18(15-19)6-13-24(35)31-22(14-17-4-2-1-3-5-17)25(36)29-20-8-10-21(11-9-20)30-26(37)38/h1-13,15-16,22,30H,14H2,(H,29,36)(H,31,35)(H,37,38)/b13-6+. The zero-order chi connectivity index (χ0) is 26.9. The highest BCUT2D eigenvalue weighted by molar-refractivity contribution is 6.30. The summed E-state index contributed by atoms with van der Waals surface area (Å²) in [5.41, 5.74) is 2.87. The molecule has 0 aliphatic rings. The van der Waals surface area contributed by atoms with Gasteiger partial charge < -0.3 is 15.7 Å². The molecule has 0 bridgehead atoms. The van der Waals surface area contributed by atoms with Crippen LogP contribution in [0.25, 0.3) is 11.8 Å². The van der Waals surface area contributed by atoms with Gasteiger partial charge in [-0.1, -0.05) is 41.9 Å². The Balaban J connectivity index is 1.50. The Labute approximate surface area is 222 Å². The molecule has 12 heteroatoms. The molecule has 0 saturated heterocycles. The summed E-state index contributed by atoms with van der Waals surface area (Å²) in [6, 6.07) is 19.6. The number of hydrogen-bond acceptors (Lipinski definition) is 6. The maximum Gasteiger partial charge on any atom is 0.409 e. The molecule has 0 fully saturated rings. The van der Waals surface area contributed by atoms with Crippen LogP contribution in [-0.4, -0.2) is 49.3 Å². The molecular weight excluding hydrogens is 510 g/mol. The van der Waals surface area contributed by atoms with E-state index in [4.69, 9.17) is 16.7 Å². The maximum atomic E-state index is 13.1. The molecule has 0 spiro atoms. The van der Waals surface area contributed by atoms with Crippen molar-refractivity contribution in [2.45, 2.75) is 12.5 Å². The normalized spacial score (nSPS) is 11.6. The van der Waals surface area contributed by atoms with Crippen LogP contribution in [0.15, 0.2) is 85.2 Å². The minimum atomic E-state index is -1.19. The molecule has 4 N–H and O–H groups in total. The second kappa shape index (κ2) is 12.3. The highest BCUT2D eigenvalue weighted by Gasteiger charge is 2.21. The molecule has 11 nitrogen and oxygen atoms in total. The van der Waals surface area contributed by atoms with Crippen LogP contribution < -0.4 is 16.0 Å². The molecule has 4 aromatic rings. The van der Waals surface area contributed by atoms with E-state index in [-0.39, 0.29) is 6.42 Å². The first kappa shape index (κ1) is 26.0. The second-order valence-electron chi connectivity index (χ2n) is 8.04. The number of benzene rings is 3. The fourth-order valence-electron chi connectivity index (χ4n) is 3.57. The first-order valence-corrected chi connectivity index (χ1v) is 11.7. The third-order valence-corrected chi connectivity index (χ3v) is 5.55. The van der Waals surface area contributed by atoms with Crippen LogP contribution in [0.1, 0.15) is 11.1 Å². The average molecular weight is 532 g/mol. The van der Waals surface area contributed by atoms with Gasteiger partial charge in [-0.05, 0) is 64.5 Å². The van der Waals surface area contributed by atoms with Crippen LogP contribution in [-0.2, 0) is 16.0 Å². The van der Waals surface area contributed by atoms with E-state index >= 15 is 0 Å².